The van der Waals surface area contributed by atoms with Crippen LogP contribution in [0.15, 0.2) is 11.4 Å². The van der Waals surface area contributed by atoms with Gasteiger partial charge in [0.15, 0.2) is 0 Å². The van der Waals surface area contributed by atoms with Gasteiger partial charge in [-0.25, -0.2) is 0 Å². The maximum atomic E-state index is 5.39. The van der Waals surface area contributed by atoms with E-state index in [1.54, 1.807) is 11.3 Å². The molecule has 0 radical (unpaired) electrons. The van der Waals surface area contributed by atoms with Crippen molar-refractivity contribution in [3.8, 4) is 0 Å². The summed E-state index contributed by atoms with van der Waals surface area (Å²) in [6.07, 6.45) is 0. The van der Waals surface area contributed by atoms with E-state index in [0.717, 1.165) is 5.69 Å². The maximum Gasteiger partial charge on any atom is 0.0425 e. The Kier molecular flexibility index (Phi) is 2.87. The number of halogens is 1. The molecule has 2 N–H and O–H groups in total. The average molecular weight is 150 g/mol. The van der Waals surface area contributed by atoms with Gasteiger partial charge < -0.3 is 5.73 Å². The average Bonchev–Trinajstić information content (AvgIpc) is 1.87. The molecule has 0 amide bonds. The zero-order valence-electron chi connectivity index (χ0n) is 4.55. The smallest absolute Gasteiger partial charge is 0.0425 e. The summed E-state index contributed by atoms with van der Waals surface area (Å²) >= 11 is 1.68. The molecule has 0 aliphatic rings. The number of aryl methyl sites for hydroxylation is 1. The van der Waals surface area contributed by atoms with E-state index in [1.807, 2.05) is 18.4 Å². The van der Waals surface area contributed by atoms with Gasteiger partial charge in [0.2, 0.25) is 0 Å². The van der Waals surface area contributed by atoms with E-state index in [4.69, 9.17) is 5.73 Å². The van der Waals surface area contributed by atoms with Gasteiger partial charge in [-0.2, -0.15) is 0 Å². The van der Waals surface area contributed by atoms with Crippen LogP contribution in [0.5, 0.6) is 0 Å². The number of nitrogens with two attached hydrogens (primary N) is 1. The lowest BCUT2D eigenvalue weighted by Crippen LogP contribution is -1.75. The topological polar surface area (TPSA) is 26.0 Å². The Hall–Kier alpha value is -0.210. The third-order valence-corrected chi connectivity index (χ3v) is 1.63. The Morgan fingerprint density at radius 3 is 2.38 bits per heavy atom. The van der Waals surface area contributed by atoms with E-state index in [9.17, 15) is 0 Å². The van der Waals surface area contributed by atoms with Gasteiger partial charge in [0.25, 0.3) is 0 Å². The first-order valence-corrected chi connectivity index (χ1v) is 2.97. The minimum Gasteiger partial charge on any atom is -0.398 e. The molecule has 0 fully saturated rings. The van der Waals surface area contributed by atoms with Crippen molar-refractivity contribution in [2.75, 3.05) is 5.73 Å². The highest BCUT2D eigenvalue weighted by Crippen LogP contribution is 2.13. The first kappa shape index (κ1) is 7.79. The highest BCUT2D eigenvalue weighted by atomic mass is 35.5. The van der Waals surface area contributed by atoms with Crippen molar-refractivity contribution in [1.29, 1.82) is 0 Å². The summed E-state index contributed by atoms with van der Waals surface area (Å²) in [6, 6.07) is 1.96. The summed E-state index contributed by atoms with van der Waals surface area (Å²) in [5.74, 6) is 0. The van der Waals surface area contributed by atoms with Crippen molar-refractivity contribution in [3.05, 3.63) is 16.3 Å². The molecule has 0 aliphatic carbocycles. The van der Waals surface area contributed by atoms with E-state index in [0.29, 0.717) is 0 Å². The second-order valence-electron chi connectivity index (χ2n) is 1.49. The van der Waals surface area contributed by atoms with E-state index >= 15 is 0 Å². The van der Waals surface area contributed by atoms with Gasteiger partial charge in [0.1, 0.15) is 0 Å². The Balaban J connectivity index is 0.000000490. The zero-order valence-corrected chi connectivity index (χ0v) is 6.18. The summed E-state index contributed by atoms with van der Waals surface area (Å²) in [5, 5.41) is 1.94. The number of hydrogen-bond acceptors (Lipinski definition) is 2. The van der Waals surface area contributed by atoms with Gasteiger partial charge in [-0.15, -0.1) is 23.7 Å². The highest BCUT2D eigenvalue weighted by molar-refractivity contribution is 7.10. The van der Waals surface area contributed by atoms with Gasteiger partial charge in [0, 0.05) is 15.9 Å². The van der Waals surface area contributed by atoms with E-state index in [1.165, 1.54) is 4.88 Å². The molecule has 0 saturated carbocycles. The van der Waals surface area contributed by atoms with Crippen LogP contribution in [-0.4, -0.2) is 0 Å². The summed E-state index contributed by atoms with van der Waals surface area (Å²) in [6.45, 7) is 2.04. The Morgan fingerprint density at radius 1 is 1.62 bits per heavy atom. The van der Waals surface area contributed by atoms with Crippen molar-refractivity contribution in [3.63, 3.8) is 0 Å². The largest absolute Gasteiger partial charge is 0.398 e. The third-order valence-electron chi connectivity index (χ3n) is 0.751. The Bertz CT molecular complexity index is 145. The number of thiophene rings is 1. The monoisotopic (exact) mass is 149 g/mol. The van der Waals surface area contributed by atoms with Crippen LogP contribution in [0.2, 0.25) is 0 Å². The standard InChI is InChI=1S/C5H7NS.ClH/c1-4-2-5(6)3-7-4;/h2-3H,6H2,1H3;1H. The molecular formula is C5H8ClNS. The molecule has 1 heterocycles. The number of hydrogen-bond donors (Lipinski definition) is 1. The first-order valence-electron chi connectivity index (χ1n) is 2.09. The molecule has 1 nitrogen and oxygen atoms in total. The molecule has 3 heteroatoms. The fourth-order valence-electron chi connectivity index (χ4n) is 0.464. The SMILES string of the molecule is Cc1cc(N)cs1.Cl. The van der Waals surface area contributed by atoms with Gasteiger partial charge in [-0.05, 0) is 13.0 Å². The molecular weight excluding hydrogens is 142 g/mol. The molecule has 0 spiro atoms. The zero-order chi connectivity index (χ0) is 5.28. The van der Waals surface area contributed by atoms with E-state index in [2.05, 4.69) is 0 Å². The molecule has 0 aliphatic heterocycles. The molecule has 0 aromatic carbocycles. The molecule has 0 unspecified atom stereocenters. The molecule has 0 bridgehead atoms. The van der Waals surface area contributed by atoms with Crippen LogP contribution in [0.3, 0.4) is 0 Å². The second-order valence-corrected chi connectivity index (χ2v) is 2.61. The number of nitrogen functional groups attached to an aromatic ring is 1. The lowest BCUT2D eigenvalue weighted by molar-refractivity contribution is 1.64. The van der Waals surface area contributed by atoms with Crippen molar-refractivity contribution in [2.45, 2.75) is 6.92 Å². The fourth-order valence-corrected chi connectivity index (χ4v) is 1.06. The number of rotatable bonds is 0. The normalized spacial score (nSPS) is 8.12. The second kappa shape index (κ2) is 2.95. The molecule has 8 heavy (non-hydrogen) atoms. The Morgan fingerprint density at radius 2 is 2.25 bits per heavy atom. The highest BCUT2D eigenvalue weighted by Gasteiger charge is 1.84. The van der Waals surface area contributed by atoms with E-state index < -0.39 is 0 Å². The molecule has 46 valence electrons. The number of anilines is 1. The van der Waals surface area contributed by atoms with Crippen LogP contribution in [-0.2, 0) is 0 Å². The van der Waals surface area contributed by atoms with Crippen LogP contribution in [0, 0.1) is 6.92 Å². The molecule has 0 saturated heterocycles. The third kappa shape index (κ3) is 1.72. The van der Waals surface area contributed by atoms with Gasteiger partial charge in [-0.1, -0.05) is 0 Å². The van der Waals surface area contributed by atoms with E-state index in [-0.39, 0.29) is 12.4 Å². The van der Waals surface area contributed by atoms with Crippen LogP contribution < -0.4 is 5.73 Å². The summed E-state index contributed by atoms with van der Waals surface area (Å²) in [4.78, 5) is 1.28. The van der Waals surface area contributed by atoms with Gasteiger partial charge in [-0.3, -0.25) is 0 Å². The Labute approximate surface area is 58.9 Å². The van der Waals surface area contributed by atoms with Crippen molar-refractivity contribution in [2.24, 2.45) is 0 Å². The minimum atomic E-state index is 0. The van der Waals surface area contributed by atoms with Crippen molar-refractivity contribution in [1.82, 2.24) is 0 Å². The fraction of sp³-hybridized carbons (Fsp3) is 0.200. The van der Waals surface area contributed by atoms with Crippen molar-refractivity contribution < 1.29 is 0 Å². The van der Waals surface area contributed by atoms with Gasteiger partial charge in [0.05, 0.1) is 0 Å². The van der Waals surface area contributed by atoms with Crippen LogP contribution in [0.25, 0.3) is 0 Å². The summed E-state index contributed by atoms with van der Waals surface area (Å²) < 4.78 is 0. The van der Waals surface area contributed by atoms with Crippen LogP contribution in [0.4, 0.5) is 5.69 Å². The van der Waals surface area contributed by atoms with Crippen LogP contribution in [0.1, 0.15) is 4.88 Å². The molecule has 1 aromatic rings. The van der Waals surface area contributed by atoms with Crippen LogP contribution >= 0.6 is 23.7 Å². The summed E-state index contributed by atoms with van der Waals surface area (Å²) in [7, 11) is 0. The molecule has 1 rings (SSSR count). The predicted octanol–water partition coefficient (Wildman–Crippen LogP) is 2.06. The molecule has 0 atom stereocenters. The lowest BCUT2D eigenvalue weighted by atomic mass is 10.5. The van der Waals surface area contributed by atoms with Gasteiger partial charge >= 0.3 is 0 Å². The minimum absolute atomic E-state index is 0. The molecule has 1 aromatic heterocycles. The maximum absolute atomic E-state index is 5.39. The first-order chi connectivity index (χ1) is 3.29. The lowest BCUT2D eigenvalue weighted by Gasteiger charge is -1.72. The van der Waals surface area contributed by atoms with Crippen molar-refractivity contribution >= 4 is 29.4 Å². The summed E-state index contributed by atoms with van der Waals surface area (Å²) in [5.41, 5.74) is 6.27. The predicted molar refractivity (Wildman–Crippen MR) is 40.7 cm³/mol. The quantitative estimate of drug-likeness (QED) is 0.601.